The van der Waals surface area contributed by atoms with E-state index in [1.54, 1.807) is 6.07 Å². The molecule has 0 amide bonds. The lowest BCUT2D eigenvalue weighted by atomic mass is 10.0. The van der Waals surface area contributed by atoms with Gasteiger partial charge in [-0.25, -0.2) is 9.78 Å². The molecule has 2 heterocycles. The predicted molar refractivity (Wildman–Crippen MR) is 80.7 cm³/mol. The van der Waals surface area contributed by atoms with Crippen molar-refractivity contribution in [1.82, 2.24) is 4.98 Å². The summed E-state index contributed by atoms with van der Waals surface area (Å²) in [6, 6.07) is 9.17. The second kappa shape index (κ2) is 5.33. The number of carbonyl (C=O) groups is 1. The maximum Gasteiger partial charge on any atom is 0.354 e. The highest BCUT2D eigenvalue weighted by molar-refractivity contribution is 5.97. The van der Waals surface area contributed by atoms with Crippen molar-refractivity contribution in [3.05, 3.63) is 36.0 Å². The van der Waals surface area contributed by atoms with E-state index in [0.717, 1.165) is 24.0 Å². The Morgan fingerprint density at radius 3 is 2.90 bits per heavy atom. The fourth-order valence-corrected chi connectivity index (χ4v) is 3.09. The number of pyridine rings is 1. The number of aromatic nitrogens is 1. The summed E-state index contributed by atoms with van der Waals surface area (Å²) in [4.78, 5) is 17.6. The van der Waals surface area contributed by atoms with E-state index in [0.29, 0.717) is 11.4 Å². The first kappa shape index (κ1) is 13.8. The first-order chi connectivity index (χ1) is 10.1. The van der Waals surface area contributed by atoms with Gasteiger partial charge in [0.05, 0.1) is 18.2 Å². The molecular formula is C16H18N2O3. The average Bonchev–Trinajstić information content (AvgIpc) is 2.86. The monoisotopic (exact) mass is 286 g/mol. The summed E-state index contributed by atoms with van der Waals surface area (Å²) < 4.78 is 0. The van der Waals surface area contributed by atoms with E-state index in [2.05, 4.69) is 16.8 Å². The Morgan fingerprint density at radius 1 is 1.43 bits per heavy atom. The van der Waals surface area contributed by atoms with Crippen LogP contribution < -0.4 is 4.90 Å². The van der Waals surface area contributed by atoms with E-state index < -0.39 is 5.97 Å². The molecular weight excluding hydrogens is 268 g/mol. The summed E-state index contributed by atoms with van der Waals surface area (Å²) >= 11 is 0. The van der Waals surface area contributed by atoms with Crippen LogP contribution in [0.2, 0.25) is 0 Å². The number of anilines is 1. The van der Waals surface area contributed by atoms with Gasteiger partial charge < -0.3 is 15.1 Å². The van der Waals surface area contributed by atoms with Crippen molar-refractivity contribution >= 4 is 22.6 Å². The number of hydrogen-bond acceptors (Lipinski definition) is 4. The number of para-hydroxylation sites is 1. The topological polar surface area (TPSA) is 73.7 Å². The molecule has 1 fully saturated rings. The standard InChI is InChI=1S/C16H18N2O3/c1-10-6-7-18(15(10)9-19)14-8-13(16(20)21)17-12-5-3-2-4-11(12)14/h2-5,8,10,15,19H,6-7,9H2,1H3,(H,20,21). The molecule has 0 bridgehead atoms. The van der Waals surface area contributed by atoms with Crippen molar-refractivity contribution in [3.8, 4) is 0 Å². The Bertz CT molecular complexity index is 686. The van der Waals surface area contributed by atoms with E-state index in [-0.39, 0.29) is 18.3 Å². The summed E-state index contributed by atoms with van der Waals surface area (Å²) in [5, 5.41) is 19.8. The molecule has 3 rings (SSSR count). The third-order valence-corrected chi connectivity index (χ3v) is 4.29. The lowest BCUT2D eigenvalue weighted by Gasteiger charge is -2.28. The molecule has 0 radical (unpaired) electrons. The minimum atomic E-state index is -1.03. The van der Waals surface area contributed by atoms with Crippen LogP contribution in [0.1, 0.15) is 23.8 Å². The molecule has 21 heavy (non-hydrogen) atoms. The number of aromatic carboxylic acids is 1. The number of fused-ring (bicyclic) bond motifs is 1. The maximum absolute atomic E-state index is 11.3. The molecule has 2 unspecified atom stereocenters. The minimum absolute atomic E-state index is 0.0254. The normalized spacial score (nSPS) is 21.9. The van der Waals surface area contributed by atoms with E-state index in [1.807, 2.05) is 24.3 Å². The van der Waals surface area contributed by atoms with E-state index in [9.17, 15) is 15.0 Å². The summed E-state index contributed by atoms with van der Waals surface area (Å²) in [6.45, 7) is 3.00. The Kier molecular flexibility index (Phi) is 3.51. The number of rotatable bonds is 3. The van der Waals surface area contributed by atoms with Crippen LogP contribution >= 0.6 is 0 Å². The zero-order valence-electron chi connectivity index (χ0n) is 11.9. The highest BCUT2D eigenvalue weighted by Gasteiger charge is 2.32. The Morgan fingerprint density at radius 2 is 2.19 bits per heavy atom. The first-order valence-electron chi connectivity index (χ1n) is 7.12. The smallest absolute Gasteiger partial charge is 0.354 e. The van der Waals surface area contributed by atoms with Gasteiger partial charge in [0.2, 0.25) is 0 Å². The number of benzene rings is 1. The second-order valence-corrected chi connectivity index (χ2v) is 5.56. The minimum Gasteiger partial charge on any atom is -0.477 e. The number of nitrogens with zero attached hydrogens (tertiary/aromatic N) is 2. The molecule has 1 aromatic carbocycles. The van der Waals surface area contributed by atoms with Gasteiger partial charge >= 0.3 is 5.97 Å². The van der Waals surface area contributed by atoms with Crippen LogP contribution in [-0.2, 0) is 0 Å². The molecule has 1 saturated heterocycles. The summed E-state index contributed by atoms with van der Waals surface area (Å²) in [5.41, 5.74) is 1.56. The van der Waals surface area contributed by atoms with Gasteiger partial charge in [0.15, 0.2) is 5.69 Å². The highest BCUT2D eigenvalue weighted by atomic mass is 16.4. The Hall–Kier alpha value is -2.14. The van der Waals surface area contributed by atoms with Gasteiger partial charge in [-0.2, -0.15) is 0 Å². The molecule has 5 nitrogen and oxygen atoms in total. The lowest BCUT2D eigenvalue weighted by molar-refractivity contribution is 0.0691. The first-order valence-corrected chi connectivity index (χ1v) is 7.12. The Balaban J connectivity index is 2.18. The van der Waals surface area contributed by atoms with Gasteiger partial charge in [-0.1, -0.05) is 25.1 Å². The van der Waals surface area contributed by atoms with Crippen LogP contribution in [0.15, 0.2) is 30.3 Å². The van der Waals surface area contributed by atoms with Crippen LogP contribution in [0, 0.1) is 5.92 Å². The molecule has 2 aromatic rings. The lowest BCUT2D eigenvalue weighted by Crippen LogP contribution is -2.35. The number of aliphatic hydroxyl groups excluding tert-OH is 1. The zero-order chi connectivity index (χ0) is 15.0. The van der Waals surface area contributed by atoms with Crippen LogP contribution in [0.3, 0.4) is 0 Å². The van der Waals surface area contributed by atoms with E-state index >= 15 is 0 Å². The van der Waals surface area contributed by atoms with Gasteiger partial charge in [0.25, 0.3) is 0 Å². The number of aliphatic hydroxyl groups is 1. The quantitative estimate of drug-likeness (QED) is 0.904. The molecule has 0 aliphatic carbocycles. The molecule has 1 aliphatic rings. The van der Waals surface area contributed by atoms with Crippen LogP contribution in [0.25, 0.3) is 10.9 Å². The highest BCUT2D eigenvalue weighted by Crippen LogP contribution is 2.34. The number of hydrogen-bond donors (Lipinski definition) is 2. The molecule has 2 N–H and O–H groups in total. The second-order valence-electron chi connectivity index (χ2n) is 5.56. The summed E-state index contributed by atoms with van der Waals surface area (Å²) in [7, 11) is 0. The predicted octanol–water partition coefficient (Wildman–Crippen LogP) is 2.14. The molecule has 0 saturated carbocycles. The summed E-state index contributed by atoms with van der Waals surface area (Å²) in [5.74, 6) is -0.648. The summed E-state index contributed by atoms with van der Waals surface area (Å²) in [6.07, 6.45) is 0.990. The van der Waals surface area contributed by atoms with Gasteiger partial charge in [0, 0.05) is 17.6 Å². The largest absolute Gasteiger partial charge is 0.477 e. The molecule has 0 spiro atoms. The fourth-order valence-electron chi connectivity index (χ4n) is 3.09. The van der Waals surface area contributed by atoms with Crippen molar-refractivity contribution < 1.29 is 15.0 Å². The van der Waals surface area contributed by atoms with Crippen molar-refractivity contribution in [2.24, 2.45) is 5.92 Å². The molecule has 5 heteroatoms. The van der Waals surface area contributed by atoms with Crippen molar-refractivity contribution in [3.63, 3.8) is 0 Å². The van der Waals surface area contributed by atoms with Gasteiger partial charge in [-0.15, -0.1) is 0 Å². The van der Waals surface area contributed by atoms with E-state index in [1.165, 1.54) is 0 Å². The maximum atomic E-state index is 11.3. The van der Waals surface area contributed by atoms with Gasteiger partial charge in [-0.05, 0) is 24.5 Å². The van der Waals surface area contributed by atoms with Crippen LogP contribution in [-0.4, -0.2) is 40.4 Å². The number of carboxylic acid groups (broad SMARTS) is 1. The van der Waals surface area contributed by atoms with Crippen molar-refractivity contribution in [2.75, 3.05) is 18.1 Å². The van der Waals surface area contributed by atoms with Crippen LogP contribution in [0.4, 0.5) is 5.69 Å². The molecule has 110 valence electrons. The zero-order valence-corrected chi connectivity index (χ0v) is 11.9. The van der Waals surface area contributed by atoms with Crippen molar-refractivity contribution in [2.45, 2.75) is 19.4 Å². The Labute approximate surface area is 122 Å². The fraction of sp³-hybridized carbons (Fsp3) is 0.375. The third-order valence-electron chi connectivity index (χ3n) is 4.29. The van der Waals surface area contributed by atoms with Crippen molar-refractivity contribution in [1.29, 1.82) is 0 Å². The SMILES string of the molecule is CC1CCN(c2cc(C(=O)O)nc3ccccc23)C1CO. The third kappa shape index (κ3) is 2.34. The van der Waals surface area contributed by atoms with Gasteiger partial charge in [-0.3, -0.25) is 0 Å². The average molecular weight is 286 g/mol. The van der Waals surface area contributed by atoms with E-state index in [4.69, 9.17) is 0 Å². The molecule has 1 aliphatic heterocycles. The molecule has 2 atom stereocenters. The number of carboxylic acids is 1. The van der Waals surface area contributed by atoms with Gasteiger partial charge in [0.1, 0.15) is 0 Å². The van der Waals surface area contributed by atoms with Crippen LogP contribution in [0.5, 0.6) is 0 Å². The molecule has 1 aromatic heterocycles.